The fourth-order valence-corrected chi connectivity index (χ4v) is 4.56. The maximum absolute atomic E-state index is 11.5. The van der Waals surface area contributed by atoms with Crippen LogP contribution < -0.4 is 0 Å². The molecule has 0 aromatic rings. The minimum absolute atomic E-state index is 0.0246. The first-order valence-corrected chi connectivity index (χ1v) is 15.8. The smallest absolute Gasteiger partial charge is 0.330 e. The highest BCUT2D eigenvalue weighted by molar-refractivity contribution is 6.74. The van der Waals surface area contributed by atoms with E-state index in [0.717, 1.165) is 6.42 Å². The number of hydrogen-bond donors (Lipinski definition) is 0. The predicted octanol–water partition coefficient (Wildman–Crippen LogP) is 6.15. The van der Waals surface area contributed by atoms with Gasteiger partial charge in [0.1, 0.15) is 0 Å². The summed E-state index contributed by atoms with van der Waals surface area (Å²) in [6, 6.07) is 0. The van der Waals surface area contributed by atoms with Gasteiger partial charge in [0.05, 0.1) is 13.2 Å². The average Bonchev–Trinajstić information content (AvgIpc) is 2.48. The van der Waals surface area contributed by atoms with Crippen LogP contribution in [0, 0.1) is 5.92 Å². The molecule has 0 aliphatic heterocycles. The summed E-state index contributed by atoms with van der Waals surface area (Å²) in [5, 5.41) is 0.330. The van der Waals surface area contributed by atoms with Crippen LogP contribution in [-0.4, -0.2) is 42.4 Å². The highest BCUT2D eigenvalue weighted by Gasteiger charge is 2.41. The van der Waals surface area contributed by atoms with Crippen LogP contribution in [-0.2, 0) is 18.4 Å². The van der Waals surface area contributed by atoms with Gasteiger partial charge in [-0.1, -0.05) is 54.5 Å². The zero-order valence-corrected chi connectivity index (χ0v) is 21.9. The summed E-state index contributed by atoms with van der Waals surface area (Å²) in [6.07, 6.45) is 4.25. The summed E-state index contributed by atoms with van der Waals surface area (Å²) in [5.74, 6) is -0.216. The summed E-state index contributed by atoms with van der Waals surface area (Å²) in [4.78, 5) is 11.5. The molecule has 0 spiro atoms. The highest BCUT2D eigenvalue weighted by Crippen LogP contribution is 2.39. The monoisotopic (exact) mass is 416 g/mol. The first-order valence-electron chi connectivity index (χ1n) is 10.0. The van der Waals surface area contributed by atoms with Crippen molar-refractivity contribution in [2.75, 3.05) is 13.7 Å². The molecule has 27 heavy (non-hydrogen) atoms. The van der Waals surface area contributed by atoms with Gasteiger partial charge in [0, 0.05) is 12.7 Å². The number of methoxy groups -OCH3 is 1. The number of carbonyl (C=O) groups excluding carboxylic acids is 1. The molecule has 0 unspecified atom stereocenters. The Labute approximate surface area is 170 Å². The van der Waals surface area contributed by atoms with Crippen LogP contribution in [0.5, 0.6) is 0 Å². The lowest BCUT2D eigenvalue weighted by atomic mass is 10.0. The quantitative estimate of drug-likeness (QED) is 0.257. The van der Waals surface area contributed by atoms with Crippen molar-refractivity contribution in [3.63, 3.8) is 0 Å². The molecule has 0 heterocycles. The average molecular weight is 417 g/mol. The Kier molecular flexibility index (Phi) is 9.69. The molecule has 2 atom stereocenters. The second-order valence-corrected chi connectivity index (χ2v) is 20.1. The molecule has 0 saturated heterocycles. The minimum Gasteiger partial charge on any atom is -0.466 e. The Balaban J connectivity index is 5.25. The van der Waals surface area contributed by atoms with Gasteiger partial charge >= 0.3 is 5.97 Å². The Hall–Kier alpha value is -0.436. The van der Waals surface area contributed by atoms with Crippen LogP contribution in [0.15, 0.2) is 12.2 Å². The number of ether oxygens (including phenoxy) is 1. The van der Waals surface area contributed by atoms with Gasteiger partial charge in [-0.15, -0.1) is 0 Å². The Bertz CT molecular complexity index is 499. The van der Waals surface area contributed by atoms with Crippen molar-refractivity contribution in [1.29, 1.82) is 0 Å². The van der Waals surface area contributed by atoms with Gasteiger partial charge in [0.25, 0.3) is 0 Å². The highest BCUT2D eigenvalue weighted by atomic mass is 28.4. The van der Waals surface area contributed by atoms with E-state index in [1.54, 1.807) is 0 Å². The number of esters is 1. The summed E-state index contributed by atoms with van der Waals surface area (Å²) < 4.78 is 17.8. The molecule has 0 fully saturated rings. The molecular formula is C21H44O4Si2. The van der Waals surface area contributed by atoms with E-state index in [0.29, 0.717) is 6.61 Å². The molecule has 0 rings (SSSR count). The van der Waals surface area contributed by atoms with E-state index in [1.807, 2.05) is 6.08 Å². The topological polar surface area (TPSA) is 44.8 Å². The lowest BCUT2D eigenvalue weighted by Crippen LogP contribution is -2.46. The second kappa shape index (κ2) is 9.85. The third-order valence-electron chi connectivity index (χ3n) is 6.25. The summed E-state index contributed by atoms with van der Waals surface area (Å²) in [7, 11) is -2.31. The molecule has 6 heteroatoms. The van der Waals surface area contributed by atoms with E-state index in [2.05, 4.69) is 74.7 Å². The third kappa shape index (κ3) is 8.63. The van der Waals surface area contributed by atoms with Gasteiger partial charge in [-0.2, -0.15) is 0 Å². The van der Waals surface area contributed by atoms with Crippen LogP contribution in [0.4, 0.5) is 0 Å². The van der Waals surface area contributed by atoms with Crippen molar-refractivity contribution < 1.29 is 18.4 Å². The van der Waals surface area contributed by atoms with E-state index in [1.165, 1.54) is 13.2 Å². The van der Waals surface area contributed by atoms with Crippen LogP contribution in [0.25, 0.3) is 0 Å². The SMILES string of the molecule is COC(=O)/C=C/[C@H](C)[C@@H](CCO[Si](C)(C)C(C)(C)C)O[Si](C)(C)C(C)(C)C. The predicted molar refractivity (Wildman–Crippen MR) is 120 cm³/mol. The molecule has 0 radical (unpaired) electrons. The minimum atomic E-state index is -1.92. The lowest BCUT2D eigenvalue weighted by Gasteiger charge is -2.41. The first-order chi connectivity index (χ1) is 11.9. The fraction of sp³-hybridized carbons (Fsp3) is 0.857. The van der Waals surface area contributed by atoms with E-state index in [4.69, 9.17) is 13.6 Å². The zero-order chi connectivity index (χ0) is 21.7. The van der Waals surface area contributed by atoms with E-state index in [-0.39, 0.29) is 28.1 Å². The van der Waals surface area contributed by atoms with Crippen molar-refractivity contribution in [3.05, 3.63) is 12.2 Å². The molecule has 160 valence electrons. The maximum Gasteiger partial charge on any atom is 0.330 e. The van der Waals surface area contributed by atoms with Gasteiger partial charge in [-0.3, -0.25) is 0 Å². The molecule has 0 aliphatic carbocycles. The maximum atomic E-state index is 11.5. The molecule has 0 aromatic heterocycles. The molecule has 0 amide bonds. The van der Waals surface area contributed by atoms with E-state index in [9.17, 15) is 4.79 Å². The second-order valence-electron chi connectivity index (χ2n) is 10.6. The van der Waals surface area contributed by atoms with Crippen LogP contribution in [0.1, 0.15) is 54.9 Å². The van der Waals surface area contributed by atoms with Crippen molar-refractivity contribution in [3.8, 4) is 0 Å². The number of carbonyl (C=O) groups is 1. The van der Waals surface area contributed by atoms with Gasteiger partial charge in [-0.25, -0.2) is 4.79 Å². The third-order valence-corrected chi connectivity index (χ3v) is 15.3. The zero-order valence-electron chi connectivity index (χ0n) is 19.9. The molecule has 4 nitrogen and oxygen atoms in total. The van der Waals surface area contributed by atoms with Gasteiger partial charge in [0.15, 0.2) is 16.6 Å². The number of hydrogen-bond acceptors (Lipinski definition) is 4. The number of rotatable bonds is 9. The lowest BCUT2D eigenvalue weighted by molar-refractivity contribution is -0.134. The standard InChI is InChI=1S/C21H44O4Si2/c1-17(13-14-19(22)23-8)18(25-27(11,12)21(5,6)7)15-16-24-26(9,10)20(2,3)4/h13-14,17-18H,15-16H2,1-12H3/b14-13+/t17-,18+/m0/s1. The van der Waals surface area contributed by atoms with Crippen molar-refractivity contribution in [2.45, 2.75) is 97.3 Å². The first kappa shape index (κ1) is 26.6. The van der Waals surface area contributed by atoms with Crippen molar-refractivity contribution in [2.24, 2.45) is 5.92 Å². The molecule has 0 N–H and O–H groups in total. The van der Waals surface area contributed by atoms with Crippen LogP contribution in [0.3, 0.4) is 0 Å². The molecular weight excluding hydrogens is 372 g/mol. The van der Waals surface area contributed by atoms with Gasteiger partial charge in [0.2, 0.25) is 0 Å². The van der Waals surface area contributed by atoms with E-state index >= 15 is 0 Å². The van der Waals surface area contributed by atoms with Gasteiger partial charge < -0.3 is 13.6 Å². The van der Waals surface area contributed by atoms with Crippen molar-refractivity contribution >= 4 is 22.6 Å². The Morgan fingerprint density at radius 3 is 1.85 bits per heavy atom. The molecule has 0 saturated carbocycles. The Morgan fingerprint density at radius 2 is 1.44 bits per heavy atom. The normalized spacial score (nSPS) is 16.4. The van der Waals surface area contributed by atoms with E-state index < -0.39 is 16.6 Å². The fourth-order valence-electron chi connectivity index (χ4n) is 2.05. The summed E-state index contributed by atoms with van der Waals surface area (Å²) >= 11 is 0. The summed E-state index contributed by atoms with van der Waals surface area (Å²) in [6.45, 7) is 25.4. The Morgan fingerprint density at radius 1 is 0.963 bits per heavy atom. The van der Waals surface area contributed by atoms with Crippen molar-refractivity contribution in [1.82, 2.24) is 0 Å². The van der Waals surface area contributed by atoms with Crippen LogP contribution in [0.2, 0.25) is 36.3 Å². The van der Waals surface area contributed by atoms with Crippen LogP contribution >= 0.6 is 0 Å². The summed E-state index contributed by atoms with van der Waals surface area (Å²) in [5.41, 5.74) is 0. The molecule has 0 aromatic carbocycles. The molecule has 0 aliphatic rings. The molecule has 0 bridgehead atoms. The van der Waals surface area contributed by atoms with Gasteiger partial charge in [-0.05, 0) is 48.6 Å². The largest absolute Gasteiger partial charge is 0.466 e.